The molecule has 104 valence electrons. The second-order valence-corrected chi connectivity index (χ2v) is 6.23. The fourth-order valence-corrected chi connectivity index (χ4v) is 3.12. The van der Waals surface area contributed by atoms with Crippen LogP contribution in [0.25, 0.3) is 0 Å². The summed E-state index contributed by atoms with van der Waals surface area (Å²) in [5, 5.41) is 0. The smallest absolute Gasteiger partial charge is 0.243 e. The Morgan fingerprint density at radius 3 is 2.63 bits per heavy atom. The first-order valence-corrected chi connectivity index (χ1v) is 7.55. The maximum absolute atomic E-state index is 12.5. The predicted molar refractivity (Wildman–Crippen MR) is 75.4 cm³/mol. The molecule has 0 amide bonds. The second-order valence-electron chi connectivity index (χ2n) is 4.29. The van der Waals surface area contributed by atoms with Gasteiger partial charge in [-0.05, 0) is 24.6 Å². The molecule has 0 saturated heterocycles. The molecule has 0 atom stereocenters. The standard InChI is InChI=1S/C14H19NO3S/c1-4-9-15(11-13(16)5-2)19(17,18)14-8-6-7-12(3)10-14/h4,6-8,10H,1,5,9,11H2,2-3H3. The molecule has 19 heavy (non-hydrogen) atoms. The van der Waals surface area contributed by atoms with E-state index < -0.39 is 10.0 Å². The first-order valence-electron chi connectivity index (χ1n) is 6.11. The molecule has 0 fully saturated rings. The summed E-state index contributed by atoms with van der Waals surface area (Å²) < 4.78 is 26.1. The van der Waals surface area contributed by atoms with Crippen molar-refractivity contribution in [2.75, 3.05) is 13.1 Å². The molecular formula is C14H19NO3S. The lowest BCUT2D eigenvalue weighted by Crippen LogP contribution is -2.35. The molecule has 0 saturated carbocycles. The Kier molecular flexibility index (Phi) is 5.44. The van der Waals surface area contributed by atoms with Crippen molar-refractivity contribution in [3.05, 3.63) is 42.5 Å². The van der Waals surface area contributed by atoms with Crippen molar-refractivity contribution in [3.63, 3.8) is 0 Å². The number of ketones is 1. The molecule has 5 heteroatoms. The van der Waals surface area contributed by atoms with E-state index in [0.717, 1.165) is 9.87 Å². The number of benzene rings is 1. The zero-order valence-corrected chi connectivity index (χ0v) is 12.1. The average Bonchev–Trinajstić information content (AvgIpc) is 2.38. The van der Waals surface area contributed by atoms with E-state index in [1.54, 1.807) is 19.1 Å². The Morgan fingerprint density at radius 2 is 2.11 bits per heavy atom. The second kappa shape index (κ2) is 6.63. The zero-order chi connectivity index (χ0) is 14.5. The fraction of sp³-hybridized carbons (Fsp3) is 0.357. The van der Waals surface area contributed by atoms with Gasteiger partial charge in [-0.3, -0.25) is 4.79 Å². The van der Waals surface area contributed by atoms with Crippen molar-refractivity contribution in [1.29, 1.82) is 0 Å². The molecule has 0 bridgehead atoms. The van der Waals surface area contributed by atoms with Gasteiger partial charge in [0.2, 0.25) is 10.0 Å². The highest BCUT2D eigenvalue weighted by molar-refractivity contribution is 7.89. The van der Waals surface area contributed by atoms with Crippen LogP contribution >= 0.6 is 0 Å². The highest BCUT2D eigenvalue weighted by Gasteiger charge is 2.25. The van der Waals surface area contributed by atoms with Gasteiger partial charge < -0.3 is 0 Å². The van der Waals surface area contributed by atoms with Crippen LogP contribution in [0, 0.1) is 6.92 Å². The summed E-state index contributed by atoms with van der Waals surface area (Å²) in [6.07, 6.45) is 1.80. The Morgan fingerprint density at radius 1 is 1.42 bits per heavy atom. The van der Waals surface area contributed by atoms with Crippen LogP contribution in [0.2, 0.25) is 0 Å². The van der Waals surface area contributed by atoms with E-state index in [0.29, 0.717) is 6.42 Å². The third kappa shape index (κ3) is 4.01. The van der Waals surface area contributed by atoms with Gasteiger partial charge in [-0.15, -0.1) is 6.58 Å². The van der Waals surface area contributed by atoms with Crippen molar-refractivity contribution < 1.29 is 13.2 Å². The summed E-state index contributed by atoms with van der Waals surface area (Å²) in [6, 6.07) is 6.65. The van der Waals surface area contributed by atoms with Crippen LogP contribution in [0.15, 0.2) is 41.8 Å². The molecule has 0 spiro atoms. The minimum Gasteiger partial charge on any atom is -0.298 e. The van der Waals surface area contributed by atoms with Gasteiger partial charge in [-0.2, -0.15) is 4.31 Å². The molecule has 1 aromatic carbocycles. The molecular weight excluding hydrogens is 262 g/mol. The van der Waals surface area contributed by atoms with Crippen LogP contribution < -0.4 is 0 Å². The van der Waals surface area contributed by atoms with Crippen LogP contribution in [0.4, 0.5) is 0 Å². The Labute approximate surface area is 114 Å². The van der Waals surface area contributed by atoms with Crippen molar-refractivity contribution in [2.45, 2.75) is 25.2 Å². The first kappa shape index (κ1) is 15.6. The summed E-state index contributed by atoms with van der Waals surface area (Å²) >= 11 is 0. The molecule has 0 heterocycles. The van der Waals surface area contributed by atoms with Gasteiger partial charge in [0.15, 0.2) is 0 Å². The number of hydrogen-bond acceptors (Lipinski definition) is 3. The van der Waals surface area contributed by atoms with E-state index in [9.17, 15) is 13.2 Å². The summed E-state index contributed by atoms with van der Waals surface area (Å²) in [5.41, 5.74) is 0.862. The molecule has 1 rings (SSSR count). The van der Waals surface area contributed by atoms with Crippen molar-refractivity contribution in [2.24, 2.45) is 0 Å². The maximum atomic E-state index is 12.5. The van der Waals surface area contributed by atoms with Gasteiger partial charge >= 0.3 is 0 Å². The van der Waals surface area contributed by atoms with E-state index in [1.165, 1.54) is 12.1 Å². The van der Waals surface area contributed by atoms with Crippen LogP contribution in [0.3, 0.4) is 0 Å². The number of rotatable bonds is 7. The zero-order valence-electron chi connectivity index (χ0n) is 11.3. The molecule has 0 aromatic heterocycles. The molecule has 0 unspecified atom stereocenters. The lowest BCUT2D eigenvalue weighted by molar-refractivity contribution is -0.118. The lowest BCUT2D eigenvalue weighted by atomic mass is 10.2. The number of hydrogen-bond donors (Lipinski definition) is 0. The van der Waals surface area contributed by atoms with Gasteiger partial charge in [0.25, 0.3) is 0 Å². The Bertz CT molecular complexity index is 564. The van der Waals surface area contributed by atoms with E-state index in [1.807, 2.05) is 13.0 Å². The van der Waals surface area contributed by atoms with E-state index in [2.05, 4.69) is 6.58 Å². The minimum atomic E-state index is -3.65. The third-order valence-corrected chi connectivity index (χ3v) is 4.51. The van der Waals surface area contributed by atoms with E-state index >= 15 is 0 Å². The summed E-state index contributed by atoms with van der Waals surface area (Å²) in [5.74, 6) is -0.113. The molecule has 0 aliphatic heterocycles. The molecule has 0 aliphatic rings. The number of aryl methyl sites for hydroxylation is 1. The summed E-state index contributed by atoms with van der Waals surface area (Å²) in [7, 11) is -3.65. The first-order chi connectivity index (χ1) is 8.91. The number of carbonyl (C=O) groups is 1. The summed E-state index contributed by atoms with van der Waals surface area (Å²) in [4.78, 5) is 11.7. The van der Waals surface area contributed by atoms with Gasteiger partial charge in [0.1, 0.15) is 5.78 Å². The largest absolute Gasteiger partial charge is 0.298 e. The van der Waals surface area contributed by atoms with Crippen LogP contribution in [-0.4, -0.2) is 31.6 Å². The van der Waals surface area contributed by atoms with Gasteiger partial charge in [0.05, 0.1) is 11.4 Å². The quantitative estimate of drug-likeness (QED) is 0.720. The van der Waals surface area contributed by atoms with Gasteiger partial charge in [-0.1, -0.05) is 25.1 Å². The molecule has 0 N–H and O–H groups in total. The number of sulfonamides is 1. The number of carbonyl (C=O) groups excluding carboxylic acids is 1. The van der Waals surface area contributed by atoms with Gasteiger partial charge in [-0.25, -0.2) is 8.42 Å². The molecule has 0 aliphatic carbocycles. The van der Waals surface area contributed by atoms with Crippen molar-refractivity contribution in [3.8, 4) is 0 Å². The molecule has 4 nitrogen and oxygen atoms in total. The molecule has 1 aromatic rings. The third-order valence-electron chi connectivity index (χ3n) is 2.71. The average molecular weight is 281 g/mol. The topological polar surface area (TPSA) is 54.5 Å². The number of nitrogens with zero attached hydrogens (tertiary/aromatic N) is 1. The maximum Gasteiger partial charge on any atom is 0.243 e. The Balaban J connectivity index is 3.12. The highest BCUT2D eigenvalue weighted by Crippen LogP contribution is 2.17. The molecule has 0 radical (unpaired) electrons. The SMILES string of the molecule is C=CCN(CC(=O)CC)S(=O)(=O)c1cccc(C)c1. The number of Topliss-reactive ketones (excluding diaryl/α,β-unsaturated/α-hetero) is 1. The van der Waals surface area contributed by atoms with Crippen LogP contribution in [0.5, 0.6) is 0 Å². The van der Waals surface area contributed by atoms with Crippen LogP contribution in [-0.2, 0) is 14.8 Å². The highest BCUT2D eigenvalue weighted by atomic mass is 32.2. The summed E-state index contributed by atoms with van der Waals surface area (Å²) in [6.45, 7) is 7.10. The normalized spacial score (nSPS) is 11.5. The lowest BCUT2D eigenvalue weighted by Gasteiger charge is -2.20. The van der Waals surface area contributed by atoms with Crippen molar-refractivity contribution >= 4 is 15.8 Å². The van der Waals surface area contributed by atoms with E-state index in [-0.39, 0.29) is 23.8 Å². The van der Waals surface area contributed by atoms with E-state index in [4.69, 9.17) is 0 Å². The van der Waals surface area contributed by atoms with Crippen LogP contribution in [0.1, 0.15) is 18.9 Å². The van der Waals surface area contributed by atoms with Gasteiger partial charge in [0, 0.05) is 13.0 Å². The minimum absolute atomic E-state index is 0.112. The monoisotopic (exact) mass is 281 g/mol. The fourth-order valence-electron chi connectivity index (χ4n) is 1.63. The van der Waals surface area contributed by atoms with Crippen molar-refractivity contribution in [1.82, 2.24) is 4.31 Å². The predicted octanol–water partition coefficient (Wildman–Crippen LogP) is 2.15. The Hall–Kier alpha value is -1.46.